The Bertz CT molecular complexity index is 661. The Morgan fingerprint density at radius 1 is 1.41 bits per heavy atom. The number of nitrogens with two attached hydrogens (primary N) is 1. The van der Waals surface area contributed by atoms with Crippen LogP contribution in [0.15, 0.2) is 30.3 Å². The van der Waals surface area contributed by atoms with Crippen molar-refractivity contribution in [2.45, 2.75) is 37.6 Å². The molecule has 1 unspecified atom stereocenters. The smallest absolute Gasteiger partial charge is 0.227 e. The number of H-pyrrole nitrogens is 1. The average molecular weight is 319 g/mol. The first-order chi connectivity index (χ1) is 10.5. The third-order valence-electron chi connectivity index (χ3n) is 4.28. The number of carbonyl (C=O) groups is 1. The number of hydrogen-bond acceptors (Lipinski definition) is 3. The van der Waals surface area contributed by atoms with E-state index in [0.717, 1.165) is 24.1 Å². The molecule has 1 saturated carbocycles. The molecule has 3 rings (SSSR count). The number of benzene rings is 1. The quantitative estimate of drug-likeness (QED) is 0.810. The van der Waals surface area contributed by atoms with Gasteiger partial charge >= 0.3 is 0 Å². The van der Waals surface area contributed by atoms with Crippen molar-refractivity contribution >= 4 is 23.3 Å². The zero-order valence-corrected chi connectivity index (χ0v) is 13.1. The molecular formula is C16H19ClN4O. The maximum absolute atomic E-state index is 12.3. The molecule has 4 N–H and O–H groups in total. The molecule has 1 heterocycles. The second kappa shape index (κ2) is 6.01. The van der Waals surface area contributed by atoms with E-state index in [9.17, 15) is 4.79 Å². The first-order valence-electron chi connectivity index (χ1n) is 7.39. The van der Waals surface area contributed by atoms with Gasteiger partial charge in [0.2, 0.25) is 5.91 Å². The van der Waals surface area contributed by atoms with Crippen LogP contribution in [0.4, 0.5) is 5.82 Å². The topological polar surface area (TPSA) is 83.8 Å². The number of carbonyl (C=O) groups excluding carboxylic acids is 1. The van der Waals surface area contributed by atoms with Crippen LogP contribution in [0, 0.1) is 0 Å². The highest BCUT2D eigenvalue weighted by Crippen LogP contribution is 2.36. The fraction of sp³-hybridized carbons (Fsp3) is 0.375. The first kappa shape index (κ1) is 14.9. The lowest BCUT2D eigenvalue weighted by Crippen LogP contribution is -2.44. The van der Waals surface area contributed by atoms with Crippen LogP contribution in [-0.2, 0) is 4.79 Å². The van der Waals surface area contributed by atoms with E-state index < -0.39 is 0 Å². The van der Waals surface area contributed by atoms with Crippen molar-refractivity contribution in [3.63, 3.8) is 0 Å². The minimum Gasteiger partial charge on any atom is -0.384 e. The van der Waals surface area contributed by atoms with Gasteiger partial charge in [-0.15, -0.1) is 0 Å². The number of rotatable bonds is 4. The molecule has 0 radical (unpaired) electrons. The van der Waals surface area contributed by atoms with Gasteiger partial charge in [0.15, 0.2) is 0 Å². The lowest BCUT2D eigenvalue weighted by Gasteiger charge is -2.35. The molecule has 1 aliphatic rings. The Balaban J connectivity index is 1.52. The lowest BCUT2D eigenvalue weighted by atomic mass is 9.78. The Morgan fingerprint density at radius 2 is 2.09 bits per heavy atom. The number of halogens is 1. The summed E-state index contributed by atoms with van der Waals surface area (Å²) in [5.41, 5.74) is 7.58. The third kappa shape index (κ3) is 3.09. The lowest BCUT2D eigenvalue weighted by molar-refractivity contribution is -0.123. The number of amides is 1. The van der Waals surface area contributed by atoms with Gasteiger partial charge < -0.3 is 11.1 Å². The van der Waals surface area contributed by atoms with Crippen LogP contribution in [-0.4, -0.2) is 22.1 Å². The first-order valence-corrected chi connectivity index (χ1v) is 7.77. The number of aromatic nitrogens is 2. The average Bonchev–Trinajstić information content (AvgIpc) is 2.88. The standard InChI is InChI=1S/C16H19ClN4O/c1-9(10-2-4-12(17)5-3-10)16(22)19-13-6-11(7-13)14-8-15(18)21-20-14/h2-5,8-9,11,13H,6-7H2,1H3,(H,19,22)(H3,18,20,21)/t9?,11-,13+. The van der Waals surface area contributed by atoms with Crippen molar-refractivity contribution in [2.24, 2.45) is 0 Å². The zero-order chi connectivity index (χ0) is 15.7. The van der Waals surface area contributed by atoms with Gasteiger partial charge in [-0.05, 0) is 37.5 Å². The van der Waals surface area contributed by atoms with Crippen LogP contribution >= 0.6 is 11.6 Å². The zero-order valence-electron chi connectivity index (χ0n) is 12.3. The van der Waals surface area contributed by atoms with Crippen LogP contribution in [0.3, 0.4) is 0 Å². The Hall–Kier alpha value is -2.01. The molecule has 1 amide bonds. The molecule has 5 nitrogen and oxygen atoms in total. The summed E-state index contributed by atoms with van der Waals surface area (Å²) in [6, 6.07) is 9.47. The van der Waals surface area contributed by atoms with Crippen molar-refractivity contribution < 1.29 is 4.79 Å². The normalized spacial score (nSPS) is 21.9. The number of nitrogens with zero attached hydrogens (tertiary/aromatic N) is 1. The molecule has 0 spiro atoms. The maximum Gasteiger partial charge on any atom is 0.227 e. The number of hydrogen-bond donors (Lipinski definition) is 3. The molecule has 2 aromatic rings. The summed E-state index contributed by atoms with van der Waals surface area (Å²) < 4.78 is 0. The summed E-state index contributed by atoms with van der Waals surface area (Å²) in [5.74, 6) is 0.827. The summed E-state index contributed by atoms with van der Waals surface area (Å²) in [6.07, 6.45) is 1.81. The van der Waals surface area contributed by atoms with E-state index in [1.807, 2.05) is 37.3 Å². The Kier molecular flexibility index (Phi) is 4.07. The van der Waals surface area contributed by atoms with Gasteiger partial charge in [-0.25, -0.2) is 0 Å². The molecule has 0 aliphatic heterocycles. The van der Waals surface area contributed by atoms with E-state index in [1.165, 1.54) is 0 Å². The number of nitrogen functional groups attached to an aromatic ring is 1. The van der Waals surface area contributed by atoms with E-state index in [1.54, 1.807) is 0 Å². The second-order valence-electron chi connectivity index (χ2n) is 5.90. The van der Waals surface area contributed by atoms with Gasteiger partial charge in [-0.3, -0.25) is 9.89 Å². The summed E-state index contributed by atoms with van der Waals surface area (Å²) in [5, 5.41) is 10.7. The number of aromatic amines is 1. The monoisotopic (exact) mass is 318 g/mol. The minimum absolute atomic E-state index is 0.0484. The third-order valence-corrected chi connectivity index (χ3v) is 4.54. The van der Waals surface area contributed by atoms with Gasteiger partial charge in [-0.1, -0.05) is 23.7 Å². The molecule has 0 bridgehead atoms. The van der Waals surface area contributed by atoms with Gasteiger partial charge in [0, 0.05) is 23.0 Å². The molecule has 1 aromatic heterocycles. The fourth-order valence-electron chi connectivity index (χ4n) is 2.77. The van der Waals surface area contributed by atoms with Crippen molar-refractivity contribution in [3.05, 3.63) is 46.6 Å². The molecule has 1 aliphatic carbocycles. The molecule has 1 atom stereocenters. The highest BCUT2D eigenvalue weighted by atomic mass is 35.5. The van der Waals surface area contributed by atoms with Crippen LogP contribution in [0.5, 0.6) is 0 Å². The molecule has 22 heavy (non-hydrogen) atoms. The highest BCUT2D eigenvalue weighted by Gasteiger charge is 2.33. The summed E-state index contributed by atoms with van der Waals surface area (Å²) in [4.78, 5) is 12.3. The number of anilines is 1. The maximum atomic E-state index is 12.3. The van der Waals surface area contributed by atoms with Crippen molar-refractivity contribution in [1.29, 1.82) is 0 Å². The molecule has 116 valence electrons. The highest BCUT2D eigenvalue weighted by molar-refractivity contribution is 6.30. The molecule has 1 aromatic carbocycles. The largest absolute Gasteiger partial charge is 0.384 e. The van der Waals surface area contributed by atoms with Crippen molar-refractivity contribution in [3.8, 4) is 0 Å². The van der Waals surface area contributed by atoms with Gasteiger partial charge in [0.25, 0.3) is 0 Å². The molecule has 0 saturated heterocycles. The summed E-state index contributed by atoms with van der Waals surface area (Å²) >= 11 is 5.87. The molecular weight excluding hydrogens is 300 g/mol. The van der Waals surface area contributed by atoms with Crippen molar-refractivity contribution in [1.82, 2.24) is 15.5 Å². The van der Waals surface area contributed by atoms with Crippen molar-refractivity contribution in [2.75, 3.05) is 5.73 Å². The minimum atomic E-state index is -0.183. The fourth-order valence-corrected chi connectivity index (χ4v) is 2.89. The van der Waals surface area contributed by atoms with E-state index in [0.29, 0.717) is 16.8 Å². The molecule has 1 fully saturated rings. The van der Waals surface area contributed by atoms with E-state index >= 15 is 0 Å². The van der Waals surface area contributed by atoms with Gasteiger partial charge in [0.1, 0.15) is 5.82 Å². The Morgan fingerprint density at radius 3 is 2.68 bits per heavy atom. The number of nitrogens with one attached hydrogen (secondary N) is 2. The predicted molar refractivity (Wildman–Crippen MR) is 86.8 cm³/mol. The van der Waals surface area contributed by atoms with Crippen LogP contribution in [0.1, 0.15) is 42.9 Å². The Labute approximate surface area is 134 Å². The van der Waals surface area contributed by atoms with Gasteiger partial charge in [0.05, 0.1) is 11.6 Å². The van der Waals surface area contributed by atoms with E-state index in [-0.39, 0.29) is 17.9 Å². The predicted octanol–water partition coefficient (Wildman–Crippen LogP) is 2.81. The van der Waals surface area contributed by atoms with Gasteiger partial charge in [-0.2, -0.15) is 5.10 Å². The molecule has 6 heteroatoms. The van der Waals surface area contributed by atoms with E-state index in [2.05, 4.69) is 15.5 Å². The van der Waals surface area contributed by atoms with E-state index in [4.69, 9.17) is 17.3 Å². The second-order valence-corrected chi connectivity index (χ2v) is 6.33. The van der Waals surface area contributed by atoms with Crippen LogP contribution in [0.2, 0.25) is 5.02 Å². The summed E-state index contributed by atoms with van der Waals surface area (Å²) in [7, 11) is 0. The van der Waals surface area contributed by atoms with Crippen LogP contribution < -0.4 is 11.1 Å². The summed E-state index contributed by atoms with van der Waals surface area (Å²) in [6.45, 7) is 1.91. The SMILES string of the molecule is CC(C(=O)N[C@H]1C[C@@H](c2cc(N)[nH]n2)C1)c1ccc(Cl)cc1. The van der Waals surface area contributed by atoms with Crippen LogP contribution in [0.25, 0.3) is 0 Å².